The Morgan fingerprint density at radius 1 is 0.605 bits per heavy atom. The van der Waals surface area contributed by atoms with Crippen molar-refractivity contribution in [2.24, 2.45) is 0 Å². The van der Waals surface area contributed by atoms with Crippen LogP contribution in [0, 0.1) is 0 Å². The van der Waals surface area contributed by atoms with E-state index in [0.29, 0.717) is 0 Å². The highest BCUT2D eigenvalue weighted by molar-refractivity contribution is 6.19. The van der Waals surface area contributed by atoms with Crippen molar-refractivity contribution in [2.45, 2.75) is 36.0 Å². The molecule has 3 atom stereocenters. The summed E-state index contributed by atoms with van der Waals surface area (Å²) in [6.07, 6.45) is -2.90. The topological polar surface area (TPSA) is 80.3 Å². The Hall–Kier alpha value is -4.33. The van der Waals surface area contributed by atoms with Crippen LogP contribution in [0.2, 0.25) is 0 Å². The number of rotatable bonds is 7. The predicted molar refractivity (Wildman–Crippen MR) is 160 cm³/mol. The lowest BCUT2D eigenvalue weighted by atomic mass is 9.98. The van der Waals surface area contributed by atoms with E-state index in [1.165, 1.54) is 0 Å². The van der Waals surface area contributed by atoms with Crippen molar-refractivity contribution >= 4 is 23.9 Å². The second-order valence-corrected chi connectivity index (χ2v) is 11.4. The van der Waals surface area contributed by atoms with Crippen LogP contribution in [0.15, 0.2) is 97.1 Å². The van der Waals surface area contributed by atoms with E-state index in [-0.39, 0.29) is 38.1 Å². The predicted octanol–water partition coefficient (Wildman–Crippen LogP) is 7.64. The van der Waals surface area contributed by atoms with Crippen LogP contribution in [0.5, 0.6) is 0 Å². The van der Waals surface area contributed by atoms with Crippen molar-refractivity contribution < 1.29 is 33.3 Å². The molecule has 0 saturated carbocycles. The molecule has 2 aliphatic carbocycles. The van der Waals surface area contributed by atoms with Gasteiger partial charge < -0.3 is 23.7 Å². The summed E-state index contributed by atoms with van der Waals surface area (Å²) in [6.45, 7) is 0.0864. The average molecular weight is 597 g/mol. The van der Waals surface area contributed by atoms with Crippen molar-refractivity contribution in [1.29, 1.82) is 0 Å². The molecule has 43 heavy (non-hydrogen) atoms. The molecule has 0 aromatic heterocycles. The number of ether oxygens (including phenoxy) is 5. The van der Waals surface area contributed by atoms with E-state index in [4.69, 9.17) is 35.3 Å². The van der Waals surface area contributed by atoms with Gasteiger partial charge in [-0.25, -0.2) is 9.59 Å². The van der Waals surface area contributed by atoms with Gasteiger partial charge in [-0.3, -0.25) is 0 Å². The molecule has 1 saturated heterocycles. The Morgan fingerprint density at radius 2 is 1.00 bits per heavy atom. The molecule has 218 valence electrons. The van der Waals surface area contributed by atoms with Gasteiger partial charge in [0.25, 0.3) is 0 Å². The second kappa shape index (κ2) is 11.7. The highest BCUT2D eigenvalue weighted by atomic mass is 35.5. The molecule has 3 aliphatic rings. The number of halogens is 1. The molecule has 1 heterocycles. The Labute approximate surface area is 254 Å². The molecule has 7 rings (SSSR count). The van der Waals surface area contributed by atoms with Gasteiger partial charge in [0.05, 0.1) is 0 Å². The maximum atomic E-state index is 12.7. The fourth-order valence-electron chi connectivity index (χ4n) is 6.47. The Morgan fingerprint density at radius 3 is 1.47 bits per heavy atom. The van der Waals surface area contributed by atoms with Crippen LogP contribution < -0.4 is 0 Å². The van der Waals surface area contributed by atoms with Crippen LogP contribution in [0.25, 0.3) is 22.3 Å². The molecule has 1 fully saturated rings. The van der Waals surface area contributed by atoms with Crippen LogP contribution >= 0.6 is 11.6 Å². The summed E-state index contributed by atoms with van der Waals surface area (Å²) in [5.41, 5.74) is 8.30. The normalized spacial score (nSPS) is 20.1. The van der Waals surface area contributed by atoms with Gasteiger partial charge >= 0.3 is 12.3 Å². The second-order valence-electron chi connectivity index (χ2n) is 10.9. The molecule has 0 N–H and O–H groups in total. The fourth-order valence-corrected chi connectivity index (χ4v) is 6.78. The number of hydrogen-bond acceptors (Lipinski definition) is 7. The SMILES string of the molecule is O=C(OCC1c2ccccc2-c2ccccc21)OC[C@H]1OC(Cl)C[C@@H]1OC(=O)OCC1c2ccccc2-c2ccccc21. The number of benzene rings is 4. The first-order valence-electron chi connectivity index (χ1n) is 14.4. The smallest absolute Gasteiger partial charge is 0.433 e. The van der Waals surface area contributed by atoms with E-state index in [9.17, 15) is 9.59 Å². The molecule has 1 aliphatic heterocycles. The van der Waals surface area contributed by atoms with E-state index >= 15 is 0 Å². The third-order valence-electron chi connectivity index (χ3n) is 8.43. The molecule has 7 nitrogen and oxygen atoms in total. The minimum absolute atomic E-state index is 0.0837. The zero-order chi connectivity index (χ0) is 29.3. The maximum Gasteiger partial charge on any atom is 0.508 e. The number of alkyl halides is 1. The van der Waals surface area contributed by atoms with Crippen LogP contribution in [-0.2, 0) is 23.7 Å². The van der Waals surface area contributed by atoms with E-state index in [2.05, 4.69) is 24.3 Å². The number of carbonyl (C=O) groups is 2. The molecule has 8 heteroatoms. The van der Waals surface area contributed by atoms with Gasteiger partial charge in [-0.15, -0.1) is 0 Å². The lowest BCUT2D eigenvalue weighted by Crippen LogP contribution is -2.33. The van der Waals surface area contributed by atoms with Crippen LogP contribution in [0.1, 0.15) is 40.5 Å². The Balaban J connectivity index is 0.924. The first-order valence-corrected chi connectivity index (χ1v) is 14.8. The fraction of sp³-hybridized carbons (Fsp3) is 0.257. The van der Waals surface area contributed by atoms with Gasteiger partial charge in [-0.2, -0.15) is 0 Å². The molecule has 0 radical (unpaired) electrons. The standard InChI is InChI=1S/C35H29ClO7/c36-33-17-31(43-35(38)40-19-30-27-15-7-3-11-23(27)24-12-4-8-16-28(24)30)32(42-33)20-41-34(37)39-18-29-25-13-5-1-9-21(25)22-10-2-6-14-26(22)29/h1-16,29-33H,17-20H2/t31-,32+,33?/m0/s1. The summed E-state index contributed by atoms with van der Waals surface area (Å²) in [5, 5.41) is 0. The summed E-state index contributed by atoms with van der Waals surface area (Å²) in [6, 6.07) is 32.4. The zero-order valence-corrected chi connectivity index (χ0v) is 23.9. The van der Waals surface area contributed by atoms with Crippen LogP contribution in [0.4, 0.5) is 9.59 Å². The molecule has 4 aromatic rings. The summed E-state index contributed by atoms with van der Waals surface area (Å²) < 4.78 is 27.7. The van der Waals surface area contributed by atoms with E-state index < -0.39 is 30.1 Å². The highest BCUT2D eigenvalue weighted by Crippen LogP contribution is 2.45. The van der Waals surface area contributed by atoms with Crippen molar-refractivity contribution in [3.8, 4) is 22.3 Å². The average Bonchev–Trinajstić information content (AvgIpc) is 3.66. The Kier molecular flexibility index (Phi) is 7.51. The third-order valence-corrected chi connectivity index (χ3v) is 8.71. The number of carbonyl (C=O) groups excluding carboxylic acids is 2. The minimum atomic E-state index is -0.830. The van der Waals surface area contributed by atoms with E-state index in [0.717, 1.165) is 44.5 Å². The van der Waals surface area contributed by atoms with Crippen molar-refractivity contribution in [2.75, 3.05) is 19.8 Å². The minimum Gasteiger partial charge on any atom is -0.433 e. The van der Waals surface area contributed by atoms with E-state index in [1.54, 1.807) is 0 Å². The number of fused-ring (bicyclic) bond motifs is 6. The molecular weight excluding hydrogens is 568 g/mol. The summed E-state index contributed by atoms with van der Waals surface area (Å²) >= 11 is 6.21. The summed E-state index contributed by atoms with van der Waals surface area (Å²) in [4.78, 5) is 25.3. The first kappa shape index (κ1) is 27.5. The number of hydrogen-bond donors (Lipinski definition) is 0. The quantitative estimate of drug-likeness (QED) is 0.160. The van der Waals surface area contributed by atoms with E-state index in [1.807, 2.05) is 72.8 Å². The largest absolute Gasteiger partial charge is 0.508 e. The van der Waals surface area contributed by atoms with Crippen molar-refractivity contribution in [1.82, 2.24) is 0 Å². The van der Waals surface area contributed by atoms with Gasteiger partial charge in [0.1, 0.15) is 37.6 Å². The Bertz CT molecular complexity index is 1580. The van der Waals surface area contributed by atoms with Crippen molar-refractivity contribution in [3.63, 3.8) is 0 Å². The zero-order valence-electron chi connectivity index (χ0n) is 23.2. The highest BCUT2D eigenvalue weighted by Gasteiger charge is 2.39. The van der Waals surface area contributed by atoms with Gasteiger partial charge in [0.15, 0.2) is 0 Å². The molecule has 0 bridgehead atoms. The van der Waals surface area contributed by atoms with Gasteiger partial charge in [-0.1, -0.05) is 109 Å². The van der Waals surface area contributed by atoms with Gasteiger partial charge in [-0.05, 0) is 44.5 Å². The molecular formula is C35H29ClO7. The first-order chi connectivity index (χ1) is 21.1. The van der Waals surface area contributed by atoms with Crippen LogP contribution in [0.3, 0.4) is 0 Å². The third kappa shape index (κ3) is 5.35. The van der Waals surface area contributed by atoms with Crippen LogP contribution in [-0.4, -0.2) is 49.9 Å². The summed E-state index contributed by atoms with van der Waals surface area (Å²) in [7, 11) is 0. The molecule has 4 aromatic carbocycles. The monoisotopic (exact) mass is 596 g/mol. The van der Waals surface area contributed by atoms with Gasteiger partial charge in [0, 0.05) is 18.3 Å². The lowest BCUT2D eigenvalue weighted by Gasteiger charge is -2.20. The molecule has 1 unspecified atom stereocenters. The van der Waals surface area contributed by atoms with Gasteiger partial charge in [0.2, 0.25) is 0 Å². The molecule has 0 amide bonds. The maximum absolute atomic E-state index is 12.7. The lowest BCUT2D eigenvalue weighted by molar-refractivity contribution is -0.0461. The summed E-state index contributed by atoms with van der Waals surface area (Å²) in [5.74, 6) is -0.173. The molecule has 0 spiro atoms. The van der Waals surface area contributed by atoms with Crippen molar-refractivity contribution in [3.05, 3.63) is 119 Å².